The van der Waals surface area contributed by atoms with Gasteiger partial charge in [0.25, 0.3) is 0 Å². The summed E-state index contributed by atoms with van der Waals surface area (Å²) in [5.41, 5.74) is 1.08. The lowest BCUT2D eigenvalue weighted by Gasteiger charge is -1.86. The van der Waals surface area contributed by atoms with Gasteiger partial charge in [0.15, 0.2) is 0 Å². The highest BCUT2D eigenvalue weighted by atomic mass is 32.1. The molecule has 2 nitrogen and oxygen atoms in total. The first-order chi connectivity index (χ1) is 5.27. The number of hydrogen-bond donors (Lipinski definition) is 0. The molecule has 0 atom stereocenters. The van der Waals surface area contributed by atoms with Crippen molar-refractivity contribution < 1.29 is 4.57 Å². The molecule has 0 bridgehead atoms. The summed E-state index contributed by atoms with van der Waals surface area (Å²) >= 11 is 1.73. The lowest BCUT2D eigenvalue weighted by atomic mass is 10.5. The van der Waals surface area contributed by atoms with E-state index < -0.39 is 0 Å². The molecule has 0 saturated heterocycles. The van der Waals surface area contributed by atoms with Crippen LogP contribution >= 0.6 is 11.3 Å². The first-order valence-electron chi connectivity index (χ1n) is 3.49. The number of aromatic nitrogens is 2. The van der Waals surface area contributed by atoms with Gasteiger partial charge in [-0.3, -0.25) is 0 Å². The zero-order valence-corrected chi connectivity index (χ0v) is 7.35. The van der Waals surface area contributed by atoms with E-state index in [1.807, 2.05) is 30.8 Å². The van der Waals surface area contributed by atoms with Crippen LogP contribution < -0.4 is 4.57 Å². The van der Waals surface area contributed by atoms with Crippen molar-refractivity contribution in [3.05, 3.63) is 23.3 Å². The molecule has 0 N–H and O–H groups in total. The lowest BCUT2D eigenvalue weighted by Crippen LogP contribution is -2.27. The van der Waals surface area contributed by atoms with Crippen LogP contribution in [0.1, 0.15) is 5.01 Å². The molecule has 56 valence electrons. The van der Waals surface area contributed by atoms with Crippen LogP contribution in [0.25, 0.3) is 10.3 Å². The summed E-state index contributed by atoms with van der Waals surface area (Å²) in [6.07, 6.45) is 2.02. The Labute approximate surface area is 69.1 Å². The van der Waals surface area contributed by atoms with Crippen molar-refractivity contribution in [3.8, 4) is 0 Å². The Hall–Kier alpha value is -0.960. The van der Waals surface area contributed by atoms with E-state index in [-0.39, 0.29) is 0 Å². The van der Waals surface area contributed by atoms with Gasteiger partial charge in [-0.15, -0.1) is 0 Å². The second-order valence-electron chi connectivity index (χ2n) is 2.54. The highest BCUT2D eigenvalue weighted by molar-refractivity contribution is 7.18. The molecule has 0 fully saturated rings. The molecule has 11 heavy (non-hydrogen) atoms. The standard InChI is InChI=1S/C8H9N2S/c1-6-9-8-7(11-6)4-3-5-10(8)2/h3-5H,1-2H3/q+1. The lowest BCUT2D eigenvalue weighted by molar-refractivity contribution is -0.646. The van der Waals surface area contributed by atoms with Crippen LogP contribution in [-0.2, 0) is 7.05 Å². The number of nitrogens with zero attached hydrogens (tertiary/aromatic N) is 2. The predicted molar refractivity (Wildman–Crippen MR) is 45.5 cm³/mol. The number of rotatable bonds is 0. The van der Waals surface area contributed by atoms with Gasteiger partial charge in [-0.2, -0.15) is 0 Å². The second kappa shape index (κ2) is 2.27. The zero-order valence-electron chi connectivity index (χ0n) is 6.53. The quantitative estimate of drug-likeness (QED) is 0.540. The van der Waals surface area contributed by atoms with E-state index in [0.717, 1.165) is 10.7 Å². The average molecular weight is 165 g/mol. The summed E-state index contributed by atoms with van der Waals surface area (Å²) in [4.78, 5) is 4.39. The number of thiazole rings is 1. The number of hydrogen-bond acceptors (Lipinski definition) is 2. The van der Waals surface area contributed by atoms with Gasteiger partial charge in [-0.1, -0.05) is 11.3 Å². The molecule has 0 spiro atoms. The molecule has 2 rings (SSSR count). The molecule has 0 aliphatic carbocycles. The zero-order chi connectivity index (χ0) is 7.84. The molecule has 0 aromatic carbocycles. The SMILES string of the molecule is Cc1nc2c(ccc[n+]2C)s1. The van der Waals surface area contributed by atoms with Crippen molar-refractivity contribution >= 4 is 21.7 Å². The minimum Gasteiger partial charge on any atom is -0.232 e. The fraction of sp³-hybridized carbons (Fsp3) is 0.250. The van der Waals surface area contributed by atoms with Crippen molar-refractivity contribution in [1.29, 1.82) is 0 Å². The van der Waals surface area contributed by atoms with Crippen molar-refractivity contribution in [2.75, 3.05) is 0 Å². The van der Waals surface area contributed by atoms with E-state index in [9.17, 15) is 0 Å². The molecule has 3 heteroatoms. The minimum atomic E-state index is 1.08. The fourth-order valence-electron chi connectivity index (χ4n) is 1.12. The van der Waals surface area contributed by atoms with Crippen LogP contribution in [0.3, 0.4) is 0 Å². The summed E-state index contributed by atoms with van der Waals surface area (Å²) < 4.78 is 3.30. The average Bonchev–Trinajstić information content (AvgIpc) is 2.31. The van der Waals surface area contributed by atoms with Gasteiger partial charge in [-0.05, 0) is 17.1 Å². The van der Waals surface area contributed by atoms with Crippen molar-refractivity contribution in [2.45, 2.75) is 6.92 Å². The Balaban J connectivity index is 2.90. The Bertz CT molecular complexity index is 392. The summed E-state index contributed by atoms with van der Waals surface area (Å²) in [7, 11) is 2.02. The smallest absolute Gasteiger partial charge is 0.232 e. The van der Waals surface area contributed by atoms with E-state index in [1.54, 1.807) is 11.3 Å². The van der Waals surface area contributed by atoms with Crippen molar-refractivity contribution in [3.63, 3.8) is 0 Å². The molecule has 0 saturated carbocycles. The molecule has 0 aliphatic rings. The Morgan fingerprint density at radius 1 is 1.55 bits per heavy atom. The number of pyridine rings is 1. The van der Waals surface area contributed by atoms with Crippen LogP contribution in [0.2, 0.25) is 0 Å². The van der Waals surface area contributed by atoms with E-state index in [4.69, 9.17) is 0 Å². The second-order valence-corrected chi connectivity index (χ2v) is 3.77. The maximum Gasteiger partial charge on any atom is 0.341 e. The van der Waals surface area contributed by atoms with Crippen LogP contribution in [0.5, 0.6) is 0 Å². The molecule has 0 aliphatic heterocycles. The molecule has 2 heterocycles. The third-order valence-corrected chi connectivity index (χ3v) is 2.56. The van der Waals surface area contributed by atoms with E-state index >= 15 is 0 Å². The van der Waals surface area contributed by atoms with E-state index in [0.29, 0.717) is 0 Å². The van der Waals surface area contributed by atoms with Gasteiger partial charge in [0.1, 0.15) is 4.70 Å². The van der Waals surface area contributed by atoms with Gasteiger partial charge in [0, 0.05) is 6.92 Å². The van der Waals surface area contributed by atoms with E-state index in [1.165, 1.54) is 4.70 Å². The molecule has 0 radical (unpaired) electrons. The first kappa shape index (κ1) is 6.73. The molecule has 0 amide bonds. The minimum absolute atomic E-state index is 1.08. The fourth-order valence-corrected chi connectivity index (χ4v) is 2.00. The third kappa shape index (κ3) is 1.01. The highest BCUT2D eigenvalue weighted by Gasteiger charge is 2.09. The Kier molecular flexibility index (Phi) is 1.39. The summed E-state index contributed by atoms with van der Waals surface area (Å²) in [6.45, 7) is 2.03. The van der Waals surface area contributed by atoms with Gasteiger partial charge in [0.2, 0.25) is 5.01 Å². The van der Waals surface area contributed by atoms with Crippen LogP contribution in [0.4, 0.5) is 0 Å². The molecule has 0 unspecified atom stereocenters. The van der Waals surface area contributed by atoms with Gasteiger partial charge in [0.05, 0.1) is 13.2 Å². The third-order valence-electron chi connectivity index (χ3n) is 1.63. The monoisotopic (exact) mass is 165 g/mol. The molecule has 2 aromatic heterocycles. The Morgan fingerprint density at radius 3 is 3.09 bits per heavy atom. The molecule has 2 aromatic rings. The molecular formula is C8H9N2S+. The van der Waals surface area contributed by atoms with Crippen LogP contribution in [0, 0.1) is 6.92 Å². The van der Waals surface area contributed by atoms with Crippen molar-refractivity contribution in [1.82, 2.24) is 4.98 Å². The normalized spacial score (nSPS) is 10.7. The summed E-state index contributed by atoms with van der Waals surface area (Å²) in [6, 6.07) is 4.14. The largest absolute Gasteiger partial charge is 0.341 e. The van der Waals surface area contributed by atoms with Crippen LogP contribution in [0.15, 0.2) is 18.3 Å². The van der Waals surface area contributed by atoms with Crippen LogP contribution in [-0.4, -0.2) is 4.98 Å². The van der Waals surface area contributed by atoms with E-state index in [2.05, 4.69) is 11.1 Å². The predicted octanol–water partition coefficient (Wildman–Crippen LogP) is 1.43. The number of fused-ring (bicyclic) bond motifs is 1. The highest BCUT2D eigenvalue weighted by Crippen LogP contribution is 2.16. The van der Waals surface area contributed by atoms with Gasteiger partial charge in [-0.25, -0.2) is 4.57 Å². The van der Waals surface area contributed by atoms with Gasteiger partial charge < -0.3 is 0 Å². The summed E-state index contributed by atoms with van der Waals surface area (Å²) in [5.74, 6) is 0. The summed E-state index contributed by atoms with van der Waals surface area (Å²) in [5, 5.41) is 1.13. The van der Waals surface area contributed by atoms with Crippen molar-refractivity contribution in [2.24, 2.45) is 7.05 Å². The van der Waals surface area contributed by atoms with Gasteiger partial charge >= 0.3 is 5.65 Å². The first-order valence-corrected chi connectivity index (χ1v) is 4.31. The topological polar surface area (TPSA) is 16.8 Å². The Morgan fingerprint density at radius 2 is 2.36 bits per heavy atom. The molecular weight excluding hydrogens is 156 g/mol. The maximum atomic E-state index is 4.39. The maximum absolute atomic E-state index is 4.39. The number of aryl methyl sites for hydroxylation is 2.